The van der Waals surface area contributed by atoms with Crippen molar-refractivity contribution in [1.82, 2.24) is 9.38 Å². The molecule has 0 fully saturated rings. The molecule has 0 bridgehead atoms. The molecule has 2 heterocycles. The summed E-state index contributed by atoms with van der Waals surface area (Å²) in [7, 11) is 0. The highest BCUT2D eigenvalue weighted by Crippen LogP contribution is 2.19. The van der Waals surface area contributed by atoms with Crippen LogP contribution in [0.25, 0.3) is 5.52 Å². The second-order valence-corrected chi connectivity index (χ2v) is 4.73. The van der Waals surface area contributed by atoms with Gasteiger partial charge < -0.3 is 5.11 Å². The fourth-order valence-electron chi connectivity index (χ4n) is 1.58. The molecule has 0 amide bonds. The third kappa shape index (κ3) is 2.77. The largest absolute Gasteiger partial charge is 0.396 e. The number of pyridine rings is 1. The van der Waals surface area contributed by atoms with Crippen LogP contribution in [0.5, 0.6) is 0 Å². The summed E-state index contributed by atoms with van der Waals surface area (Å²) in [5, 5.41) is 9.72. The SMILES string of the molecule is OCCCCCSc1ncc2ccccn12. The van der Waals surface area contributed by atoms with E-state index in [2.05, 4.69) is 15.5 Å². The van der Waals surface area contributed by atoms with Gasteiger partial charge in [0.1, 0.15) is 0 Å². The molecule has 3 nitrogen and oxygen atoms in total. The normalized spacial score (nSPS) is 11.1. The van der Waals surface area contributed by atoms with E-state index in [0.717, 1.165) is 35.7 Å². The molecule has 86 valence electrons. The molecule has 0 saturated heterocycles. The molecule has 0 aliphatic carbocycles. The molecule has 2 aromatic heterocycles. The highest BCUT2D eigenvalue weighted by Gasteiger charge is 2.02. The second-order valence-electron chi connectivity index (χ2n) is 3.67. The zero-order valence-electron chi connectivity index (χ0n) is 9.17. The summed E-state index contributed by atoms with van der Waals surface area (Å²) in [4.78, 5) is 4.39. The number of fused-ring (bicyclic) bond motifs is 1. The number of aliphatic hydroxyl groups excluding tert-OH is 1. The summed E-state index contributed by atoms with van der Waals surface area (Å²) in [6.07, 6.45) is 7.07. The van der Waals surface area contributed by atoms with Gasteiger partial charge in [0.2, 0.25) is 0 Å². The number of imidazole rings is 1. The Hall–Kier alpha value is -1.00. The van der Waals surface area contributed by atoms with Crippen LogP contribution < -0.4 is 0 Å². The minimum Gasteiger partial charge on any atom is -0.396 e. The fourth-order valence-corrected chi connectivity index (χ4v) is 2.54. The standard InChI is InChI=1S/C12H16N2OS/c15-8-4-1-5-9-16-12-13-10-11-6-2-3-7-14(11)12/h2-3,6-7,10,15H,1,4-5,8-9H2. The number of aromatic nitrogens is 2. The molecule has 1 N–H and O–H groups in total. The van der Waals surface area contributed by atoms with Gasteiger partial charge in [-0.15, -0.1) is 0 Å². The average molecular weight is 236 g/mol. The molecule has 16 heavy (non-hydrogen) atoms. The van der Waals surface area contributed by atoms with E-state index in [0.29, 0.717) is 6.61 Å². The van der Waals surface area contributed by atoms with Crippen LogP contribution in [0.3, 0.4) is 0 Å². The van der Waals surface area contributed by atoms with Gasteiger partial charge in [0.05, 0.1) is 11.7 Å². The van der Waals surface area contributed by atoms with E-state index >= 15 is 0 Å². The Bertz CT molecular complexity index is 441. The Morgan fingerprint density at radius 3 is 3.06 bits per heavy atom. The van der Waals surface area contributed by atoms with Crippen molar-refractivity contribution >= 4 is 17.3 Å². The molecule has 0 aliphatic heterocycles. The van der Waals surface area contributed by atoms with Crippen LogP contribution in [0.4, 0.5) is 0 Å². The lowest BCUT2D eigenvalue weighted by atomic mass is 10.3. The summed E-state index contributed by atoms with van der Waals surface area (Å²) in [5.41, 5.74) is 1.14. The van der Waals surface area contributed by atoms with E-state index in [-0.39, 0.29) is 0 Å². The Morgan fingerprint density at radius 2 is 2.19 bits per heavy atom. The topological polar surface area (TPSA) is 37.5 Å². The minimum atomic E-state index is 0.303. The quantitative estimate of drug-likeness (QED) is 0.619. The van der Waals surface area contributed by atoms with Crippen molar-refractivity contribution < 1.29 is 5.11 Å². The third-order valence-electron chi connectivity index (χ3n) is 2.44. The van der Waals surface area contributed by atoms with Crippen molar-refractivity contribution in [3.8, 4) is 0 Å². The van der Waals surface area contributed by atoms with Gasteiger partial charge in [-0.25, -0.2) is 4.98 Å². The molecule has 0 spiro atoms. The first kappa shape index (κ1) is 11.5. The molecule has 2 aromatic rings. The van der Waals surface area contributed by atoms with Gasteiger partial charge in [-0.2, -0.15) is 0 Å². The molecular weight excluding hydrogens is 220 g/mol. The predicted octanol–water partition coefficient (Wildman–Crippen LogP) is 2.59. The van der Waals surface area contributed by atoms with Gasteiger partial charge in [-0.3, -0.25) is 4.40 Å². The Labute approximate surface area is 99.5 Å². The van der Waals surface area contributed by atoms with Crippen molar-refractivity contribution in [1.29, 1.82) is 0 Å². The number of rotatable bonds is 6. The number of hydrogen-bond acceptors (Lipinski definition) is 3. The third-order valence-corrected chi connectivity index (χ3v) is 3.49. The van der Waals surface area contributed by atoms with Gasteiger partial charge in [0.15, 0.2) is 5.16 Å². The zero-order valence-corrected chi connectivity index (χ0v) is 9.99. The van der Waals surface area contributed by atoms with Crippen LogP contribution in [-0.4, -0.2) is 26.9 Å². The maximum atomic E-state index is 8.67. The molecule has 0 atom stereocenters. The second kappa shape index (κ2) is 5.92. The first-order valence-corrected chi connectivity index (χ1v) is 6.56. The summed E-state index contributed by atoms with van der Waals surface area (Å²) >= 11 is 1.78. The minimum absolute atomic E-state index is 0.303. The average Bonchev–Trinajstić information content (AvgIpc) is 2.73. The van der Waals surface area contributed by atoms with Crippen LogP contribution in [0.15, 0.2) is 35.7 Å². The molecule has 0 aromatic carbocycles. The molecular formula is C12H16N2OS. The molecule has 2 rings (SSSR count). The van der Waals surface area contributed by atoms with Crippen LogP contribution in [0.1, 0.15) is 19.3 Å². The zero-order chi connectivity index (χ0) is 11.2. The highest BCUT2D eigenvalue weighted by molar-refractivity contribution is 7.99. The van der Waals surface area contributed by atoms with Crippen LogP contribution in [-0.2, 0) is 0 Å². The Morgan fingerprint density at radius 1 is 1.25 bits per heavy atom. The molecule has 4 heteroatoms. The van der Waals surface area contributed by atoms with Gasteiger partial charge in [0, 0.05) is 18.6 Å². The smallest absolute Gasteiger partial charge is 0.172 e. The van der Waals surface area contributed by atoms with Gasteiger partial charge in [-0.1, -0.05) is 24.2 Å². The number of unbranched alkanes of at least 4 members (excludes halogenated alkanes) is 2. The van der Waals surface area contributed by atoms with Crippen molar-refractivity contribution in [3.05, 3.63) is 30.6 Å². The summed E-state index contributed by atoms with van der Waals surface area (Å²) in [5.74, 6) is 1.06. The van der Waals surface area contributed by atoms with Crippen molar-refractivity contribution in [2.24, 2.45) is 0 Å². The molecule has 0 saturated carbocycles. The van der Waals surface area contributed by atoms with Crippen molar-refractivity contribution in [2.75, 3.05) is 12.4 Å². The lowest BCUT2D eigenvalue weighted by Crippen LogP contribution is -1.89. The summed E-state index contributed by atoms with van der Waals surface area (Å²) in [6, 6.07) is 6.10. The monoisotopic (exact) mass is 236 g/mol. The highest BCUT2D eigenvalue weighted by atomic mass is 32.2. The first-order valence-electron chi connectivity index (χ1n) is 5.57. The number of nitrogens with zero attached hydrogens (tertiary/aromatic N) is 2. The van der Waals surface area contributed by atoms with Gasteiger partial charge >= 0.3 is 0 Å². The van der Waals surface area contributed by atoms with Crippen LogP contribution >= 0.6 is 11.8 Å². The summed E-state index contributed by atoms with van der Waals surface area (Å²) < 4.78 is 2.11. The van der Waals surface area contributed by atoms with E-state index in [1.165, 1.54) is 0 Å². The lowest BCUT2D eigenvalue weighted by Gasteiger charge is -2.00. The Kier molecular flexibility index (Phi) is 4.25. The van der Waals surface area contributed by atoms with Crippen LogP contribution in [0.2, 0.25) is 0 Å². The van der Waals surface area contributed by atoms with Gasteiger partial charge in [0.25, 0.3) is 0 Å². The molecule has 0 radical (unpaired) electrons. The fraction of sp³-hybridized carbons (Fsp3) is 0.417. The number of aliphatic hydroxyl groups is 1. The van der Waals surface area contributed by atoms with E-state index in [9.17, 15) is 0 Å². The maximum Gasteiger partial charge on any atom is 0.172 e. The van der Waals surface area contributed by atoms with Crippen molar-refractivity contribution in [3.63, 3.8) is 0 Å². The van der Waals surface area contributed by atoms with E-state index < -0.39 is 0 Å². The number of thioether (sulfide) groups is 1. The van der Waals surface area contributed by atoms with Crippen molar-refractivity contribution in [2.45, 2.75) is 24.4 Å². The van der Waals surface area contributed by atoms with E-state index in [1.807, 2.05) is 24.5 Å². The maximum absolute atomic E-state index is 8.67. The van der Waals surface area contributed by atoms with E-state index in [1.54, 1.807) is 11.8 Å². The molecule has 0 aliphatic rings. The van der Waals surface area contributed by atoms with E-state index in [4.69, 9.17) is 5.11 Å². The summed E-state index contributed by atoms with van der Waals surface area (Å²) in [6.45, 7) is 0.303. The first-order chi connectivity index (χ1) is 7.92. The van der Waals surface area contributed by atoms with Crippen LogP contribution in [0, 0.1) is 0 Å². The molecule has 0 unspecified atom stereocenters. The van der Waals surface area contributed by atoms with Gasteiger partial charge in [-0.05, 0) is 25.0 Å². The lowest BCUT2D eigenvalue weighted by molar-refractivity contribution is 0.284. The number of hydrogen-bond donors (Lipinski definition) is 1. The predicted molar refractivity (Wildman–Crippen MR) is 66.9 cm³/mol. The Balaban J connectivity index is 1.89.